The molecule has 0 aliphatic carbocycles. The summed E-state index contributed by atoms with van der Waals surface area (Å²) in [6.45, 7) is 1.99. The van der Waals surface area contributed by atoms with Crippen molar-refractivity contribution in [3.63, 3.8) is 0 Å². The number of fused-ring (bicyclic) bond motifs is 1. The minimum Gasteiger partial charge on any atom is -0.393 e. The quantitative estimate of drug-likeness (QED) is 0.799. The number of carbonyl (C=O) groups is 1. The summed E-state index contributed by atoms with van der Waals surface area (Å²) in [4.78, 5) is 14.9. The van der Waals surface area contributed by atoms with E-state index < -0.39 is 0 Å². The molecule has 1 saturated heterocycles. The lowest BCUT2D eigenvalue weighted by Crippen LogP contribution is -2.40. The van der Waals surface area contributed by atoms with Crippen molar-refractivity contribution in [1.82, 2.24) is 9.47 Å². The fraction of sp³-hybridized carbons (Fsp3) is 0.286. The third kappa shape index (κ3) is 3.17. The lowest BCUT2D eigenvalue weighted by molar-refractivity contribution is 0.0548. The van der Waals surface area contributed by atoms with Crippen molar-refractivity contribution in [2.45, 2.75) is 25.5 Å². The van der Waals surface area contributed by atoms with E-state index in [2.05, 4.69) is 22.8 Å². The van der Waals surface area contributed by atoms with Gasteiger partial charge < -0.3 is 14.6 Å². The van der Waals surface area contributed by atoms with Crippen molar-refractivity contribution in [1.29, 1.82) is 0 Å². The fourth-order valence-electron chi connectivity index (χ4n) is 3.57. The molecule has 1 N–H and O–H groups in total. The molecule has 0 unspecified atom stereocenters. The van der Waals surface area contributed by atoms with E-state index in [-0.39, 0.29) is 12.0 Å². The zero-order valence-electron chi connectivity index (χ0n) is 14.1. The van der Waals surface area contributed by atoms with E-state index in [1.165, 1.54) is 5.56 Å². The molecule has 1 aliphatic rings. The molecule has 4 nitrogen and oxygen atoms in total. The van der Waals surface area contributed by atoms with Gasteiger partial charge in [0.2, 0.25) is 0 Å². The van der Waals surface area contributed by atoms with Crippen molar-refractivity contribution in [3.05, 3.63) is 71.9 Å². The van der Waals surface area contributed by atoms with E-state index >= 15 is 0 Å². The number of likely N-dealkylation sites (tertiary alicyclic amines) is 1. The number of carbonyl (C=O) groups excluding carboxylic acids is 1. The van der Waals surface area contributed by atoms with E-state index in [9.17, 15) is 9.90 Å². The number of benzene rings is 2. The number of aliphatic hydroxyl groups excluding tert-OH is 1. The molecule has 4 heteroatoms. The Morgan fingerprint density at radius 3 is 2.44 bits per heavy atom. The molecule has 0 bridgehead atoms. The van der Waals surface area contributed by atoms with Crippen molar-refractivity contribution in [2.75, 3.05) is 13.1 Å². The molecule has 0 saturated carbocycles. The van der Waals surface area contributed by atoms with Gasteiger partial charge in [-0.3, -0.25) is 4.79 Å². The van der Waals surface area contributed by atoms with E-state index in [1.54, 1.807) is 0 Å². The highest BCUT2D eigenvalue weighted by molar-refractivity contribution is 6.07. The van der Waals surface area contributed by atoms with Gasteiger partial charge in [0.25, 0.3) is 5.91 Å². The van der Waals surface area contributed by atoms with Crippen LogP contribution in [-0.4, -0.2) is 39.7 Å². The van der Waals surface area contributed by atoms with Gasteiger partial charge in [0.1, 0.15) is 0 Å². The highest BCUT2D eigenvalue weighted by atomic mass is 16.3. The number of rotatable bonds is 3. The van der Waals surface area contributed by atoms with Gasteiger partial charge in [-0.25, -0.2) is 0 Å². The summed E-state index contributed by atoms with van der Waals surface area (Å²) in [6.07, 6.45) is 3.02. The minimum atomic E-state index is -0.275. The van der Waals surface area contributed by atoms with Gasteiger partial charge in [0, 0.05) is 36.7 Å². The molecular weight excluding hydrogens is 312 g/mol. The van der Waals surface area contributed by atoms with Crippen LogP contribution >= 0.6 is 0 Å². The minimum absolute atomic E-state index is 0.0647. The lowest BCUT2D eigenvalue weighted by Gasteiger charge is -2.29. The Morgan fingerprint density at radius 1 is 1.00 bits per heavy atom. The number of amides is 1. The Morgan fingerprint density at radius 2 is 1.68 bits per heavy atom. The van der Waals surface area contributed by atoms with Crippen molar-refractivity contribution < 1.29 is 9.90 Å². The van der Waals surface area contributed by atoms with Crippen LogP contribution in [0.5, 0.6) is 0 Å². The standard InChI is InChI=1S/C21H22N2O2/c24-17-10-12-22(13-11-17)21(25)19-15-23(14-16-6-2-1-3-7-16)20-9-5-4-8-18(19)20/h1-9,15,17,24H,10-14H2. The number of para-hydroxylation sites is 1. The van der Waals surface area contributed by atoms with Crippen LogP contribution in [-0.2, 0) is 6.54 Å². The Kier molecular flexibility index (Phi) is 4.28. The normalized spacial score (nSPS) is 15.6. The summed E-state index contributed by atoms with van der Waals surface area (Å²) < 4.78 is 2.15. The predicted octanol–water partition coefficient (Wildman–Crippen LogP) is 3.29. The van der Waals surface area contributed by atoms with E-state index in [1.807, 2.05) is 47.5 Å². The Bertz CT molecular complexity index is 877. The van der Waals surface area contributed by atoms with Crippen LogP contribution in [0.15, 0.2) is 60.8 Å². The number of nitrogens with zero attached hydrogens (tertiary/aromatic N) is 2. The topological polar surface area (TPSA) is 45.5 Å². The molecule has 1 aliphatic heterocycles. The van der Waals surface area contributed by atoms with Crippen LogP contribution in [0, 0.1) is 0 Å². The second-order valence-corrected chi connectivity index (χ2v) is 6.70. The smallest absolute Gasteiger partial charge is 0.256 e. The van der Waals surface area contributed by atoms with Gasteiger partial charge in [-0.2, -0.15) is 0 Å². The SMILES string of the molecule is O=C(c1cn(Cc2ccccc2)c2ccccc12)N1CCC(O)CC1. The number of hydrogen-bond acceptors (Lipinski definition) is 2. The van der Waals surface area contributed by atoms with Crippen LogP contribution in [0.2, 0.25) is 0 Å². The summed E-state index contributed by atoms with van der Waals surface area (Å²) in [5.74, 6) is 0.0647. The maximum absolute atomic E-state index is 13.0. The molecule has 2 heterocycles. The highest BCUT2D eigenvalue weighted by Crippen LogP contribution is 2.25. The molecule has 1 aromatic heterocycles. The maximum atomic E-state index is 13.0. The molecule has 0 atom stereocenters. The number of aliphatic hydroxyl groups is 1. The molecule has 1 amide bonds. The van der Waals surface area contributed by atoms with Crippen molar-refractivity contribution >= 4 is 16.8 Å². The second-order valence-electron chi connectivity index (χ2n) is 6.70. The molecule has 0 spiro atoms. The average Bonchev–Trinajstić information content (AvgIpc) is 3.01. The number of hydrogen-bond donors (Lipinski definition) is 1. The number of aromatic nitrogens is 1. The average molecular weight is 334 g/mol. The Balaban J connectivity index is 1.68. The molecule has 25 heavy (non-hydrogen) atoms. The van der Waals surface area contributed by atoms with E-state index in [0.29, 0.717) is 25.9 Å². The van der Waals surface area contributed by atoms with Crippen LogP contribution in [0.1, 0.15) is 28.8 Å². The summed E-state index contributed by atoms with van der Waals surface area (Å²) in [7, 11) is 0. The van der Waals surface area contributed by atoms with Gasteiger partial charge in [-0.15, -0.1) is 0 Å². The number of piperidine rings is 1. The molecule has 2 aromatic carbocycles. The first-order valence-corrected chi connectivity index (χ1v) is 8.81. The first-order chi connectivity index (χ1) is 12.2. The van der Waals surface area contributed by atoms with Gasteiger partial charge in [-0.05, 0) is 24.5 Å². The molecule has 0 radical (unpaired) electrons. The molecule has 1 fully saturated rings. The monoisotopic (exact) mass is 334 g/mol. The van der Waals surface area contributed by atoms with Crippen molar-refractivity contribution in [2.24, 2.45) is 0 Å². The van der Waals surface area contributed by atoms with Gasteiger partial charge in [0.15, 0.2) is 0 Å². The summed E-state index contributed by atoms with van der Waals surface area (Å²) in [6, 6.07) is 18.3. The lowest BCUT2D eigenvalue weighted by atomic mass is 10.1. The van der Waals surface area contributed by atoms with Crippen LogP contribution in [0.4, 0.5) is 0 Å². The largest absolute Gasteiger partial charge is 0.393 e. The molecular formula is C21H22N2O2. The van der Waals surface area contributed by atoms with E-state index in [0.717, 1.165) is 23.0 Å². The Labute approximate surface area is 147 Å². The summed E-state index contributed by atoms with van der Waals surface area (Å²) in [5, 5.41) is 10.7. The summed E-state index contributed by atoms with van der Waals surface area (Å²) >= 11 is 0. The maximum Gasteiger partial charge on any atom is 0.256 e. The first-order valence-electron chi connectivity index (χ1n) is 8.81. The summed E-state index contributed by atoms with van der Waals surface area (Å²) in [5.41, 5.74) is 3.04. The predicted molar refractivity (Wildman–Crippen MR) is 98.6 cm³/mol. The van der Waals surface area contributed by atoms with Crippen LogP contribution in [0.3, 0.4) is 0 Å². The zero-order valence-corrected chi connectivity index (χ0v) is 14.1. The molecule has 3 aromatic rings. The third-order valence-electron chi connectivity index (χ3n) is 4.97. The third-order valence-corrected chi connectivity index (χ3v) is 4.97. The van der Waals surface area contributed by atoms with Crippen molar-refractivity contribution in [3.8, 4) is 0 Å². The zero-order chi connectivity index (χ0) is 17.2. The second kappa shape index (κ2) is 6.73. The molecule has 128 valence electrons. The van der Waals surface area contributed by atoms with Gasteiger partial charge >= 0.3 is 0 Å². The molecule has 4 rings (SSSR count). The van der Waals surface area contributed by atoms with Crippen LogP contribution < -0.4 is 0 Å². The van der Waals surface area contributed by atoms with Gasteiger partial charge in [-0.1, -0.05) is 48.5 Å². The highest BCUT2D eigenvalue weighted by Gasteiger charge is 2.24. The fourth-order valence-corrected chi connectivity index (χ4v) is 3.57. The van der Waals surface area contributed by atoms with Crippen LogP contribution in [0.25, 0.3) is 10.9 Å². The van der Waals surface area contributed by atoms with Gasteiger partial charge in [0.05, 0.1) is 11.7 Å². The van der Waals surface area contributed by atoms with E-state index in [4.69, 9.17) is 0 Å². The first kappa shape index (κ1) is 15.9. The Hall–Kier alpha value is -2.59.